The number of likely N-dealkylation sites (N-methyl/N-ethyl adjacent to an activating group) is 1. The standard InChI is InChI=1S/C13H19N3O/c1-9-4-3-5-11(14)12(9)13(17)15-10-6-7-16(2)8-10/h3-5,10H,6-8,14H2,1-2H3,(H,15,17). The molecular formula is C13H19N3O. The predicted octanol–water partition coefficient (Wildman–Crippen LogP) is 1.01. The van der Waals surface area contributed by atoms with Crippen LogP contribution in [0.5, 0.6) is 0 Å². The maximum atomic E-state index is 12.1. The number of aryl methyl sites for hydroxylation is 1. The Morgan fingerprint density at radius 2 is 2.29 bits per heavy atom. The quantitative estimate of drug-likeness (QED) is 0.750. The average Bonchev–Trinajstić information content (AvgIpc) is 2.63. The number of nitrogens with one attached hydrogen (secondary N) is 1. The van der Waals surface area contributed by atoms with Crippen molar-refractivity contribution in [2.45, 2.75) is 19.4 Å². The van der Waals surface area contributed by atoms with E-state index in [1.807, 2.05) is 19.1 Å². The molecule has 1 heterocycles. The molecule has 3 N–H and O–H groups in total. The van der Waals surface area contributed by atoms with Crippen molar-refractivity contribution < 1.29 is 4.79 Å². The molecule has 4 nitrogen and oxygen atoms in total. The molecule has 1 amide bonds. The van der Waals surface area contributed by atoms with E-state index in [4.69, 9.17) is 5.73 Å². The molecule has 1 fully saturated rings. The van der Waals surface area contributed by atoms with Crippen molar-refractivity contribution in [2.24, 2.45) is 0 Å². The lowest BCUT2D eigenvalue weighted by Crippen LogP contribution is -2.37. The van der Waals surface area contributed by atoms with Gasteiger partial charge in [-0.2, -0.15) is 0 Å². The minimum absolute atomic E-state index is 0.0547. The highest BCUT2D eigenvalue weighted by Crippen LogP contribution is 2.17. The van der Waals surface area contributed by atoms with E-state index in [-0.39, 0.29) is 11.9 Å². The second-order valence-electron chi connectivity index (χ2n) is 4.76. The summed E-state index contributed by atoms with van der Waals surface area (Å²) in [5.74, 6) is -0.0547. The maximum Gasteiger partial charge on any atom is 0.253 e. The van der Waals surface area contributed by atoms with Crippen LogP contribution in [0.3, 0.4) is 0 Å². The Bertz CT molecular complexity index is 410. The Morgan fingerprint density at radius 1 is 1.53 bits per heavy atom. The normalized spacial score (nSPS) is 20.5. The number of amides is 1. The fourth-order valence-corrected chi connectivity index (χ4v) is 2.31. The number of anilines is 1. The second kappa shape index (κ2) is 4.75. The molecule has 0 spiro atoms. The lowest BCUT2D eigenvalue weighted by atomic mass is 10.1. The number of carbonyl (C=O) groups excluding carboxylic acids is 1. The van der Waals surface area contributed by atoms with Crippen LogP contribution >= 0.6 is 0 Å². The molecule has 4 heteroatoms. The average molecular weight is 233 g/mol. The summed E-state index contributed by atoms with van der Waals surface area (Å²) in [5.41, 5.74) is 7.94. The van der Waals surface area contributed by atoms with E-state index < -0.39 is 0 Å². The van der Waals surface area contributed by atoms with Crippen molar-refractivity contribution >= 4 is 11.6 Å². The van der Waals surface area contributed by atoms with Gasteiger partial charge < -0.3 is 16.0 Å². The summed E-state index contributed by atoms with van der Waals surface area (Å²) >= 11 is 0. The van der Waals surface area contributed by atoms with E-state index in [0.29, 0.717) is 11.3 Å². The number of hydrogen-bond acceptors (Lipinski definition) is 3. The topological polar surface area (TPSA) is 58.4 Å². The largest absolute Gasteiger partial charge is 0.398 e. The lowest BCUT2D eigenvalue weighted by molar-refractivity contribution is 0.0938. The molecule has 92 valence electrons. The van der Waals surface area contributed by atoms with Gasteiger partial charge in [-0.3, -0.25) is 4.79 Å². The Hall–Kier alpha value is -1.55. The van der Waals surface area contributed by atoms with Crippen molar-refractivity contribution in [1.82, 2.24) is 10.2 Å². The number of rotatable bonds is 2. The number of carbonyl (C=O) groups is 1. The van der Waals surface area contributed by atoms with Gasteiger partial charge in [-0.25, -0.2) is 0 Å². The van der Waals surface area contributed by atoms with Crippen molar-refractivity contribution in [3.05, 3.63) is 29.3 Å². The predicted molar refractivity (Wildman–Crippen MR) is 69.0 cm³/mol. The SMILES string of the molecule is Cc1cccc(N)c1C(=O)NC1CCN(C)C1. The molecule has 1 saturated heterocycles. The zero-order chi connectivity index (χ0) is 12.4. The van der Waals surface area contributed by atoms with E-state index in [0.717, 1.165) is 25.1 Å². The molecule has 1 aliphatic heterocycles. The molecule has 1 aromatic rings. The van der Waals surface area contributed by atoms with Crippen molar-refractivity contribution in [2.75, 3.05) is 25.9 Å². The van der Waals surface area contributed by atoms with Gasteiger partial charge in [0.2, 0.25) is 0 Å². The molecule has 0 aliphatic carbocycles. The molecule has 2 rings (SSSR count). The fourth-order valence-electron chi connectivity index (χ4n) is 2.31. The van der Waals surface area contributed by atoms with Crippen LogP contribution in [0.4, 0.5) is 5.69 Å². The van der Waals surface area contributed by atoms with Gasteiger partial charge >= 0.3 is 0 Å². The van der Waals surface area contributed by atoms with E-state index >= 15 is 0 Å². The van der Waals surface area contributed by atoms with Gasteiger partial charge in [-0.1, -0.05) is 12.1 Å². The number of hydrogen-bond donors (Lipinski definition) is 2. The lowest BCUT2D eigenvalue weighted by Gasteiger charge is -2.15. The van der Waals surface area contributed by atoms with Crippen LogP contribution in [0.2, 0.25) is 0 Å². The van der Waals surface area contributed by atoms with Crippen LogP contribution in [0.25, 0.3) is 0 Å². The summed E-state index contributed by atoms with van der Waals surface area (Å²) in [6.45, 7) is 3.86. The number of nitrogen functional groups attached to an aromatic ring is 1. The first kappa shape index (κ1) is 11.9. The molecule has 17 heavy (non-hydrogen) atoms. The monoisotopic (exact) mass is 233 g/mol. The third-order valence-corrected chi connectivity index (χ3v) is 3.26. The third-order valence-electron chi connectivity index (χ3n) is 3.26. The minimum Gasteiger partial charge on any atom is -0.398 e. The zero-order valence-corrected chi connectivity index (χ0v) is 10.4. The molecule has 0 aromatic heterocycles. The van der Waals surface area contributed by atoms with Gasteiger partial charge in [0.05, 0.1) is 5.56 Å². The first-order valence-corrected chi connectivity index (χ1v) is 5.92. The summed E-state index contributed by atoms with van der Waals surface area (Å²) in [4.78, 5) is 14.4. The van der Waals surface area contributed by atoms with Gasteiger partial charge in [0.25, 0.3) is 5.91 Å². The van der Waals surface area contributed by atoms with E-state index in [9.17, 15) is 4.79 Å². The third kappa shape index (κ3) is 2.58. The van der Waals surface area contributed by atoms with Crippen LogP contribution in [0.15, 0.2) is 18.2 Å². The van der Waals surface area contributed by atoms with Crippen LogP contribution in [0, 0.1) is 6.92 Å². The van der Waals surface area contributed by atoms with Gasteiger partial charge in [0.15, 0.2) is 0 Å². The molecule has 0 bridgehead atoms. The maximum absolute atomic E-state index is 12.1. The Balaban J connectivity index is 2.10. The smallest absolute Gasteiger partial charge is 0.253 e. The van der Waals surface area contributed by atoms with Crippen LogP contribution in [-0.4, -0.2) is 37.0 Å². The van der Waals surface area contributed by atoms with Crippen molar-refractivity contribution in [1.29, 1.82) is 0 Å². The van der Waals surface area contributed by atoms with Crippen LogP contribution in [0.1, 0.15) is 22.3 Å². The Kier molecular flexibility index (Phi) is 3.33. The van der Waals surface area contributed by atoms with Gasteiger partial charge in [-0.15, -0.1) is 0 Å². The van der Waals surface area contributed by atoms with Crippen LogP contribution in [-0.2, 0) is 0 Å². The van der Waals surface area contributed by atoms with Crippen molar-refractivity contribution in [3.63, 3.8) is 0 Å². The molecule has 1 unspecified atom stereocenters. The number of likely N-dealkylation sites (tertiary alicyclic amines) is 1. The number of benzene rings is 1. The molecule has 0 saturated carbocycles. The highest BCUT2D eigenvalue weighted by atomic mass is 16.1. The first-order chi connectivity index (χ1) is 8.08. The summed E-state index contributed by atoms with van der Waals surface area (Å²) in [7, 11) is 2.06. The highest BCUT2D eigenvalue weighted by molar-refractivity contribution is 6.00. The van der Waals surface area contributed by atoms with E-state index in [1.54, 1.807) is 6.07 Å². The molecule has 1 atom stereocenters. The first-order valence-electron chi connectivity index (χ1n) is 5.92. The van der Waals surface area contributed by atoms with Gasteiger partial charge in [0.1, 0.15) is 0 Å². The highest BCUT2D eigenvalue weighted by Gasteiger charge is 2.22. The fraction of sp³-hybridized carbons (Fsp3) is 0.462. The zero-order valence-electron chi connectivity index (χ0n) is 10.4. The second-order valence-corrected chi connectivity index (χ2v) is 4.76. The number of nitrogens with zero attached hydrogens (tertiary/aromatic N) is 1. The van der Waals surface area contributed by atoms with E-state index in [1.165, 1.54) is 0 Å². The Morgan fingerprint density at radius 3 is 2.88 bits per heavy atom. The van der Waals surface area contributed by atoms with Gasteiger partial charge in [-0.05, 0) is 38.6 Å². The molecular weight excluding hydrogens is 214 g/mol. The summed E-state index contributed by atoms with van der Waals surface area (Å²) < 4.78 is 0. The molecule has 1 aromatic carbocycles. The van der Waals surface area contributed by atoms with Crippen molar-refractivity contribution in [3.8, 4) is 0 Å². The summed E-state index contributed by atoms with van der Waals surface area (Å²) in [6, 6.07) is 5.78. The Labute approximate surface area is 102 Å². The van der Waals surface area contributed by atoms with Crippen LogP contribution < -0.4 is 11.1 Å². The molecule has 0 radical (unpaired) electrons. The summed E-state index contributed by atoms with van der Waals surface area (Å²) in [5, 5.41) is 3.05. The van der Waals surface area contributed by atoms with Gasteiger partial charge in [0, 0.05) is 18.3 Å². The minimum atomic E-state index is -0.0547. The number of nitrogens with two attached hydrogens (primary N) is 1. The van der Waals surface area contributed by atoms with E-state index in [2.05, 4.69) is 17.3 Å². The summed E-state index contributed by atoms with van der Waals surface area (Å²) in [6.07, 6.45) is 1.01. The molecule has 1 aliphatic rings.